The highest BCUT2D eigenvalue weighted by Gasteiger charge is 2.34. The molecule has 1 fully saturated rings. The Morgan fingerprint density at radius 1 is 1.27 bits per heavy atom. The average molecular weight is 361 g/mol. The molecule has 1 aliphatic heterocycles. The fraction of sp³-hybridized carbons (Fsp3) is 0.526. The van der Waals surface area contributed by atoms with Crippen LogP contribution >= 0.6 is 0 Å². The molecule has 0 spiro atoms. The number of rotatable bonds is 8. The molecule has 1 atom stereocenters. The number of nitrogens with one attached hydrogen (secondary N) is 1. The van der Waals surface area contributed by atoms with Gasteiger partial charge in [0.25, 0.3) is 0 Å². The van der Waals surface area contributed by atoms with E-state index in [1.807, 2.05) is 44.2 Å². The van der Waals surface area contributed by atoms with Crippen LogP contribution in [0.2, 0.25) is 0 Å². The summed E-state index contributed by atoms with van der Waals surface area (Å²) in [5, 5.41) is 2.76. The number of piperazine rings is 1. The highest BCUT2D eigenvalue weighted by atomic mass is 16.5. The third-order valence-corrected chi connectivity index (χ3v) is 4.29. The van der Waals surface area contributed by atoms with Gasteiger partial charge in [0.2, 0.25) is 11.8 Å². The summed E-state index contributed by atoms with van der Waals surface area (Å²) in [4.78, 5) is 40.4. The summed E-state index contributed by atoms with van der Waals surface area (Å²) in [5.74, 6) is -0.748. The number of carbonyl (C=O) groups excluding carboxylic acids is 3. The van der Waals surface area contributed by atoms with Crippen molar-refractivity contribution >= 4 is 23.5 Å². The van der Waals surface area contributed by atoms with Gasteiger partial charge in [-0.1, -0.05) is 25.1 Å². The Kier molecular flexibility index (Phi) is 7.59. The van der Waals surface area contributed by atoms with Crippen molar-refractivity contribution in [1.29, 1.82) is 0 Å². The van der Waals surface area contributed by atoms with Gasteiger partial charge >= 0.3 is 5.97 Å². The van der Waals surface area contributed by atoms with Crippen molar-refractivity contribution in [3.8, 4) is 0 Å². The molecule has 7 nitrogen and oxygen atoms in total. The van der Waals surface area contributed by atoms with E-state index in [-0.39, 0.29) is 24.8 Å². The lowest BCUT2D eigenvalue weighted by molar-refractivity contribution is -0.149. The molecule has 1 unspecified atom stereocenters. The zero-order chi connectivity index (χ0) is 18.9. The Bertz CT molecular complexity index is 620. The molecule has 1 aromatic rings. The van der Waals surface area contributed by atoms with Crippen LogP contribution in [0.5, 0.6) is 0 Å². The molecule has 0 bridgehead atoms. The summed E-state index contributed by atoms with van der Waals surface area (Å²) in [5.41, 5.74) is 0.820. The van der Waals surface area contributed by atoms with Crippen molar-refractivity contribution in [3.05, 3.63) is 30.3 Å². The quantitative estimate of drug-likeness (QED) is 0.704. The Morgan fingerprint density at radius 3 is 2.65 bits per heavy atom. The predicted molar refractivity (Wildman–Crippen MR) is 98.7 cm³/mol. The smallest absolute Gasteiger partial charge is 0.307 e. The van der Waals surface area contributed by atoms with Crippen LogP contribution in [0.3, 0.4) is 0 Å². The number of para-hydroxylation sites is 1. The third kappa shape index (κ3) is 5.29. The lowest BCUT2D eigenvalue weighted by Crippen LogP contribution is -2.58. The number of amides is 2. The minimum atomic E-state index is -0.675. The number of anilines is 1. The number of nitrogens with zero attached hydrogens (tertiary/aromatic N) is 2. The molecular formula is C19H27N3O4. The summed E-state index contributed by atoms with van der Waals surface area (Å²) >= 11 is 0. The highest BCUT2D eigenvalue weighted by molar-refractivity contribution is 5.95. The number of likely N-dealkylation sites (N-methyl/N-ethyl adjacent to an activating group) is 1. The van der Waals surface area contributed by atoms with Gasteiger partial charge in [0, 0.05) is 25.3 Å². The Morgan fingerprint density at radius 2 is 2.00 bits per heavy atom. The van der Waals surface area contributed by atoms with Gasteiger partial charge in [-0.3, -0.25) is 19.3 Å². The molecule has 1 heterocycles. The Labute approximate surface area is 154 Å². The molecule has 142 valence electrons. The van der Waals surface area contributed by atoms with E-state index in [1.54, 1.807) is 9.80 Å². The van der Waals surface area contributed by atoms with E-state index in [0.717, 1.165) is 12.1 Å². The van der Waals surface area contributed by atoms with Crippen LogP contribution in [-0.4, -0.2) is 61.5 Å². The fourth-order valence-electron chi connectivity index (χ4n) is 2.98. The number of hydrogen-bond donors (Lipinski definition) is 1. The predicted octanol–water partition coefficient (Wildman–Crippen LogP) is 1.18. The molecule has 1 N–H and O–H groups in total. The van der Waals surface area contributed by atoms with Crippen LogP contribution in [0.1, 0.15) is 26.7 Å². The minimum Gasteiger partial charge on any atom is -0.466 e. The van der Waals surface area contributed by atoms with Crippen molar-refractivity contribution in [1.82, 2.24) is 10.2 Å². The number of carbonyl (C=O) groups is 3. The van der Waals surface area contributed by atoms with Crippen LogP contribution in [0.15, 0.2) is 30.3 Å². The molecule has 0 saturated carbocycles. The maximum atomic E-state index is 12.8. The molecule has 1 aliphatic rings. The summed E-state index contributed by atoms with van der Waals surface area (Å²) in [6.45, 7) is 5.76. The molecule has 2 amide bonds. The molecule has 26 heavy (non-hydrogen) atoms. The molecular weight excluding hydrogens is 334 g/mol. The van der Waals surface area contributed by atoms with E-state index < -0.39 is 12.0 Å². The second-order valence-electron chi connectivity index (χ2n) is 6.18. The van der Waals surface area contributed by atoms with Crippen LogP contribution in [0.4, 0.5) is 5.69 Å². The van der Waals surface area contributed by atoms with Crippen molar-refractivity contribution in [2.75, 3.05) is 37.7 Å². The summed E-state index contributed by atoms with van der Waals surface area (Å²) in [7, 11) is 0. The van der Waals surface area contributed by atoms with Gasteiger partial charge in [-0.15, -0.1) is 0 Å². The maximum Gasteiger partial charge on any atom is 0.307 e. The van der Waals surface area contributed by atoms with Crippen molar-refractivity contribution in [3.63, 3.8) is 0 Å². The fourth-order valence-corrected chi connectivity index (χ4v) is 2.98. The van der Waals surface area contributed by atoms with Gasteiger partial charge in [-0.25, -0.2) is 0 Å². The normalized spacial score (nSPS) is 17.5. The summed E-state index contributed by atoms with van der Waals surface area (Å²) in [6.07, 6.45) is 0.684. The second-order valence-corrected chi connectivity index (χ2v) is 6.18. The van der Waals surface area contributed by atoms with Crippen molar-refractivity contribution < 1.29 is 19.1 Å². The molecule has 1 saturated heterocycles. The Balaban J connectivity index is 2.05. The van der Waals surface area contributed by atoms with E-state index in [1.165, 1.54) is 0 Å². The van der Waals surface area contributed by atoms with Crippen LogP contribution in [-0.2, 0) is 19.1 Å². The SMILES string of the molecule is CCCOC(=O)CC1C(=O)NCCN1CC(=O)N(CC)c1ccccc1. The standard InChI is InChI=1S/C19H27N3O4/c1-3-12-26-18(24)13-16-19(25)20-10-11-21(16)14-17(23)22(4-2)15-8-6-5-7-9-15/h5-9,16H,3-4,10-14H2,1-2H3,(H,20,25). The Hall–Kier alpha value is -2.41. The average Bonchev–Trinajstić information content (AvgIpc) is 2.64. The summed E-state index contributed by atoms with van der Waals surface area (Å²) in [6, 6.07) is 8.74. The van der Waals surface area contributed by atoms with Gasteiger partial charge in [0.15, 0.2) is 0 Å². The molecule has 1 aromatic carbocycles. The summed E-state index contributed by atoms with van der Waals surface area (Å²) < 4.78 is 5.09. The molecule has 2 rings (SSSR count). The number of esters is 1. The van der Waals surface area contributed by atoms with Gasteiger partial charge < -0.3 is 15.0 Å². The van der Waals surface area contributed by atoms with Crippen LogP contribution in [0.25, 0.3) is 0 Å². The van der Waals surface area contributed by atoms with Gasteiger partial charge in [-0.2, -0.15) is 0 Å². The van der Waals surface area contributed by atoms with Crippen LogP contribution in [0, 0.1) is 0 Å². The third-order valence-electron chi connectivity index (χ3n) is 4.29. The largest absolute Gasteiger partial charge is 0.466 e. The maximum absolute atomic E-state index is 12.8. The first kappa shape index (κ1) is 19.9. The molecule has 7 heteroatoms. The van der Waals surface area contributed by atoms with Crippen molar-refractivity contribution in [2.24, 2.45) is 0 Å². The monoisotopic (exact) mass is 361 g/mol. The first-order chi connectivity index (χ1) is 12.6. The van der Waals surface area contributed by atoms with E-state index in [2.05, 4.69) is 5.32 Å². The van der Waals surface area contributed by atoms with Crippen molar-refractivity contribution in [2.45, 2.75) is 32.7 Å². The highest BCUT2D eigenvalue weighted by Crippen LogP contribution is 2.16. The minimum absolute atomic E-state index is 0.0451. The lowest BCUT2D eigenvalue weighted by atomic mass is 10.1. The van der Waals surface area contributed by atoms with Gasteiger partial charge in [-0.05, 0) is 25.5 Å². The zero-order valence-corrected chi connectivity index (χ0v) is 15.4. The molecule has 0 radical (unpaired) electrons. The number of ether oxygens (including phenoxy) is 1. The molecule has 0 aliphatic carbocycles. The first-order valence-corrected chi connectivity index (χ1v) is 9.09. The first-order valence-electron chi connectivity index (χ1n) is 9.09. The number of hydrogen-bond acceptors (Lipinski definition) is 5. The zero-order valence-electron chi connectivity index (χ0n) is 15.4. The lowest BCUT2D eigenvalue weighted by Gasteiger charge is -2.35. The van der Waals surface area contributed by atoms with E-state index in [0.29, 0.717) is 26.2 Å². The topological polar surface area (TPSA) is 79.0 Å². The number of benzene rings is 1. The van der Waals surface area contributed by atoms with Gasteiger partial charge in [0.1, 0.15) is 6.04 Å². The van der Waals surface area contributed by atoms with E-state index in [9.17, 15) is 14.4 Å². The van der Waals surface area contributed by atoms with Gasteiger partial charge in [0.05, 0.1) is 19.6 Å². The van der Waals surface area contributed by atoms with Crippen LogP contribution < -0.4 is 10.2 Å². The second kappa shape index (κ2) is 9.91. The molecule has 0 aromatic heterocycles. The van der Waals surface area contributed by atoms with E-state index in [4.69, 9.17) is 4.74 Å². The van der Waals surface area contributed by atoms with E-state index >= 15 is 0 Å².